The van der Waals surface area contributed by atoms with Crippen molar-refractivity contribution in [2.75, 3.05) is 9.80 Å². The van der Waals surface area contributed by atoms with Gasteiger partial charge in [0.15, 0.2) is 0 Å². The van der Waals surface area contributed by atoms with E-state index < -0.39 is 114 Å². The Bertz CT molecular complexity index is 6440. The van der Waals surface area contributed by atoms with E-state index in [0.717, 1.165) is 123 Å². The molecule has 4 nitrogen and oxygen atoms in total. The van der Waals surface area contributed by atoms with Crippen LogP contribution in [0.2, 0.25) is 0 Å². The van der Waals surface area contributed by atoms with E-state index in [4.69, 9.17) is 5.48 Å². The number of benzene rings is 13. The first kappa shape index (κ1) is 53.8. The number of aryl methyl sites for hydroxylation is 1. The van der Waals surface area contributed by atoms with E-state index >= 15 is 0 Å². The minimum atomic E-state index is -0.768. The lowest BCUT2D eigenvalue weighted by atomic mass is 9.33. The fourth-order valence-electron chi connectivity index (χ4n) is 16.3. The lowest BCUT2D eigenvalue weighted by molar-refractivity contribution is 0.589. The molecule has 13 aromatic carbocycles. The van der Waals surface area contributed by atoms with Crippen LogP contribution in [0.4, 0.5) is 34.1 Å². The maximum Gasteiger partial charge on any atom is 0.252 e. The van der Waals surface area contributed by atoms with Crippen molar-refractivity contribution in [3.8, 4) is 55.9 Å². The Morgan fingerprint density at radius 2 is 0.546 bits per heavy atom. The van der Waals surface area contributed by atoms with Gasteiger partial charge in [0.1, 0.15) is 0 Å². The Balaban J connectivity index is 1.13. The van der Waals surface area contributed by atoms with Gasteiger partial charge in [-0.1, -0.05) is 306 Å². The minimum absolute atomic E-state index is 0.0427. The fraction of sp³-hybridized carbons (Fsp3) is 0.243. The molecule has 2 aliphatic heterocycles. The third-order valence-corrected chi connectivity index (χ3v) is 22.3. The molecule has 0 radical (unpaired) electrons. The molecule has 0 N–H and O–H groups in total. The first-order valence-corrected chi connectivity index (χ1v) is 37.8. The average Bonchev–Trinajstić information content (AvgIpc) is 1.37. The van der Waals surface area contributed by atoms with Crippen molar-refractivity contribution < 1.29 is 21.9 Å². The van der Waals surface area contributed by atoms with Crippen LogP contribution < -0.4 is 26.2 Å². The number of hydrogen-bond donors (Lipinski definition) is 0. The number of rotatable bonds is 8. The third kappa shape index (κ3) is 11.8. The van der Waals surface area contributed by atoms with Crippen molar-refractivity contribution in [3.63, 3.8) is 0 Å². The first-order chi connectivity index (χ1) is 57.9. The Morgan fingerprint density at radius 1 is 0.278 bits per heavy atom. The largest absolute Gasteiger partial charge is 0.310 e. The van der Waals surface area contributed by atoms with Crippen molar-refractivity contribution in [1.82, 2.24) is 9.13 Å². The van der Waals surface area contributed by atoms with E-state index in [1.807, 2.05) is 36.4 Å². The summed E-state index contributed by atoms with van der Waals surface area (Å²) in [6, 6.07) is 52.7. The molecule has 108 heavy (non-hydrogen) atoms. The van der Waals surface area contributed by atoms with Crippen LogP contribution in [0, 0.1) is 6.92 Å². The minimum Gasteiger partial charge on any atom is -0.310 e. The van der Waals surface area contributed by atoms with Gasteiger partial charge < -0.3 is 18.9 Å². The van der Waals surface area contributed by atoms with Crippen LogP contribution in [0.25, 0.3) is 99.5 Å². The predicted molar refractivity (Wildman–Crippen MR) is 468 cm³/mol. The second-order valence-electron chi connectivity index (χ2n) is 36.0. The van der Waals surface area contributed by atoms with Crippen molar-refractivity contribution >= 4 is 101 Å². The second kappa shape index (κ2) is 25.1. The van der Waals surface area contributed by atoms with E-state index in [9.17, 15) is 16.4 Å². The van der Waals surface area contributed by atoms with E-state index in [1.165, 1.54) is 0 Å². The molecule has 0 atom stereocenters. The van der Waals surface area contributed by atoms with Crippen LogP contribution in [0.3, 0.4) is 0 Å². The average molecular weight is 1420 g/mol. The van der Waals surface area contributed by atoms with Gasteiger partial charge in [0.25, 0.3) is 6.71 Å². The van der Waals surface area contributed by atoms with E-state index in [0.29, 0.717) is 22.7 Å². The Morgan fingerprint density at radius 3 is 0.815 bits per heavy atom. The van der Waals surface area contributed by atoms with Crippen LogP contribution in [0.1, 0.15) is 186 Å². The Kier molecular flexibility index (Phi) is 12.5. The summed E-state index contributed by atoms with van der Waals surface area (Å²) in [5.41, 5.74) is 19.6. The summed E-state index contributed by atoms with van der Waals surface area (Å²) in [5.74, 6) is 0. The number of fused-ring (bicyclic) bond motifs is 10. The van der Waals surface area contributed by atoms with Crippen LogP contribution >= 0.6 is 0 Å². The van der Waals surface area contributed by atoms with Crippen molar-refractivity contribution in [1.29, 1.82) is 0 Å². The van der Waals surface area contributed by atoms with E-state index in [-0.39, 0.29) is 65.3 Å². The topological polar surface area (TPSA) is 16.3 Å². The molecule has 536 valence electrons. The molecule has 2 aliphatic rings. The van der Waals surface area contributed by atoms with E-state index in [2.05, 4.69) is 275 Å². The Hall–Kier alpha value is -10.9. The highest BCUT2D eigenvalue weighted by Gasteiger charge is 2.46. The molecule has 0 saturated carbocycles. The molecular weight excluding hydrogens is 1300 g/mol. The van der Waals surface area contributed by atoms with Gasteiger partial charge in [-0.3, -0.25) is 0 Å². The van der Waals surface area contributed by atoms with Gasteiger partial charge in [-0.15, -0.1) is 0 Å². The zero-order chi connectivity index (χ0) is 89.6. The molecule has 0 unspecified atom stereocenters. The maximum atomic E-state index is 9.96. The monoisotopic (exact) mass is 1420 g/mol. The smallest absolute Gasteiger partial charge is 0.252 e. The second-order valence-corrected chi connectivity index (χ2v) is 36.0. The summed E-state index contributed by atoms with van der Waals surface area (Å²) in [4.78, 5) is 4.76. The van der Waals surface area contributed by atoms with Crippen LogP contribution in [0.5, 0.6) is 0 Å². The number of nitrogens with zero attached hydrogens (tertiary/aromatic N) is 4. The molecular formula is C103H101BN4. The number of anilines is 6. The van der Waals surface area contributed by atoms with Crippen LogP contribution in [-0.2, 0) is 32.5 Å². The van der Waals surface area contributed by atoms with Crippen LogP contribution in [0.15, 0.2) is 267 Å². The highest BCUT2D eigenvalue weighted by Crippen LogP contribution is 2.56. The highest BCUT2D eigenvalue weighted by molar-refractivity contribution is 7.00. The summed E-state index contributed by atoms with van der Waals surface area (Å²) in [6.45, 7) is 41.3. The van der Waals surface area contributed by atoms with Gasteiger partial charge in [0.2, 0.25) is 0 Å². The van der Waals surface area contributed by atoms with Gasteiger partial charge >= 0.3 is 0 Å². The van der Waals surface area contributed by atoms with Crippen molar-refractivity contribution in [3.05, 3.63) is 305 Å². The first-order valence-electron chi connectivity index (χ1n) is 45.8. The molecule has 0 amide bonds. The summed E-state index contributed by atoms with van der Waals surface area (Å²) < 4.78 is 156. The molecule has 15 aromatic rings. The SMILES string of the molecule is [2H]c1c([2H])c([2H])c2c(c1[2H])c1c([2H])c([2H])c([2H])c([2H])c1n2-c1ccc2c(c1)N(c1c(-c3cccc(C(C)(C)C)c3)cc(C(C)(C)C)cc1-c1cccc(C(C)(C)C)c1)c1cc(C)cc3c1B2c1ccc(-n2c4c([2H])c([2H])c([2H])c([2H])c4c4c([2H])c([2H])c([2H])c([2H])c42)cc1N3c1c(-c2cccc(C(C)(C)C)c2)cc(C(C)(C)C)cc1-c1cccc(C(C)(C)C)c1. The van der Waals surface area contributed by atoms with Crippen molar-refractivity contribution in [2.45, 2.75) is 164 Å². The number of para-hydroxylation sites is 4. The zero-order valence-corrected chi connectivity index (χ0v) is 65.5. The molecule has 0 bridgehead atoms. The summed E-state index contributed by atoms with van der Waals surface area (Å²) in [6.07, 6.45) is 0. The predicted octanol–water partition coefficient (Wildman–Crippen LogP) is 26.7. The quantitative estimate of drug-likeness (QED) is 0.141. The normalized spacial score (nSPS) is 15.5. The molecule has 0 spiro atoms. The molecule has 0 aliphatic carbocycles. The number of hydrogen-bond acceptors (Lipinski definition) is 2. The molecule has 17 rings (SSSR count). The standard InChI is InChI=1S/C103H101BN4/c1-64-52-93-95-94(53-64)108(97-83(67-34-30-38-71(56-67)100(8,9)10)60-74(103(17,18)19)61-84(97)68-35-31-39-72(57-68)101(11,12)13)92-63-76(106-89-46-26-22-42-79(89)80-43-23-27-47-90(80)106)49-51-86(92)104(95)85-50-48-75(105-87-44-24-20-40-77(87)78-41-21-25-45-88(78)105)62-91(85)107(93)96-81(65-32-28-36-69(54-65)98(2,3)4)58-73(102(14,15)16)59-82(96)66-33-29-37-70(55-66)99(5,6)7/h20-63H,1-19H3/i20D,21D,22D,23D,24D,25D,26D,27D,40D,41D,42D,43D,44D,45D,46D,47D. The van der Waals surface area contributed by atoms with Gasteiger partial charge in [-0.25, -0.2) is 0 Å². The third-order valence-electron chi connectivity index (χ3n) is 22.3. The highest BCUT2D eigenvalue weighted by atomic mass is 15.2. The van der Waals surface area contributed by atoms with Gasteiger partial charge in [-0.05, 0) is 202 Å². The van der Waals surface area contributed by atoms with Crippen molar-refractivity contribution in [2.24, 2.45) is 0 Å². The fourth-order valence-corrected chi connectivity index (χ4v) is 16.3. The Labute approximate surface area is 664 Å². The van der Waals surface area contributed by atoms with E-state index in [1.54, 1.807) is 9.13 Å². The summed E-state index contributed by atoms with van der Waals surface area (Å²) in [5, 5.41) is -0.263. The summed E-state index contributed by atoms with van der Waals surface area (Å²) in [7, 11) is 0. The van der Waals surface area contributed by atoms with Crippen LogP contribution in [-0.4, -0.2) is 15.8 Å². The zero-order valence-electron chi connectivity index (χ0n) is 81.5. The van der Waals surface area contributed by atoms with Gasteiger partial charge in [-0.2, -0.15) is 0 Å². The molecule has 0 fully saturated rings. The number of aromatic nitrogens is 2. The molecule has 4 heterocycles. The van der Waals surface area contributed by atoms with Gasteiger partial charge in [0, 0.05) is 77.9 Å². The molecule has 5 heteroatoms. The maximum absolute atomic E-state index is 9.96. The lowest BCUT2D eigenvalue weighted by Gasteiger charge is -2.46. The molecule has 0 saturated heterocycles. The summed E-state index contributed by atoms with van der Waals surface area (Å²) >= 11 is 0. The lowest BCUT2D eigenvalue weighted by Crippen LogP contribution is -2.61. The molecule has 2 aromatic heterocycles. The van der Waals surface area contributed by atoms with Gasteiger partial charge in [0.05, 0.1) is 55.4 Å².